The van der Waals surface area contributed by atoms with Gasteiger partial charge in [-0.25, -0.2) is 0 Å². The fraction of sp³-hybridized carbons (Fsp3) is 0.550. The van der Waals surface area contributed by atoms with E-state index < -0.39 is 0 Å². The molecule has 1 saturated heterocycles. The number of nitrogens with zero attached hydrogens (tertiary/aromatic N) is 1. The Morgan fingerprint density at radius 2 is 2.20 bits per heavy atom. The van der Waals surface area contributed by atoms with Crippen LogP contribution >= 0.6 is 0 Å². The molecule has 2 aliphatic heterocycles. The molecule has 4 aliphatic rings. The van der Waals surface area contributed by atoms with E-state index >= 15 is 0 Å². The summed E-state index contributed by atoms with van der Waals surface area (Å²) in [5, 5.41) is 0. The molecule has 5 atom stereocenters. The lowest BCUT2D eigenvalue weighted by atomic mass is 9.53. The van der Waals surface area contributed by atoms with Crippen LogP contribution in [0, 0.1) is 5.92 Å². The van der Waals surface area contributed by atoms with Gasteiger partial charge in [-0.3, -0.25) is 4.79 Å². The van der Waals surface area contributed by atoms with Gasteiger partial charge in [-0.2, -0.15) is 0 Å². The lowest BCUT2D eigenvalue weighted by Gasteiger charge is -2.56. The molecule has 132 valence electrons. The number of benzene rings is 1. The fourth-order valence-electron chi connectivity index (χ4n) is 5.66. The van der Waals surface area contributed by atoms with E-state index in [0.717, 1.165) is 30.9 Å². The van der Waals surface area contributed by atoms with Crippen molar-refractivity contribution in [3.63, 3.8) is 0 Å². The number of likely N-dealkylation sites (tertiary alicyclic amines) is 1. The van der Waals surface area contributed by atoms with E-state index in [2.05, 4.69) is 24.1 Å². The van der Waals surface area contributed by atoms with Crippen molar-refractivity contribution in [1.82, 2.24) is 4.90 Å². The van der Waals surface area contributed by atoms with Crippen LogP contribution in [0.5, 0.6) is 11.5 Å². The van der Waals surface area contributed by atoms with Crippen LogP contribution in [0.15, 0.2) is 24.3 Å². The van der Waals surface area contributed by atoms with Crippen LogP contribution in [0.1, 0.15) is 24.5 Å². The summed E-state index contributed by atoms with van der Waals surface area (Å²) in [5.74, 6) is 1.75. The Kier molecular flexibility index (Phi) is 3.06. The molecule has 1 fully saturated rings. The number of piperidine rings is 1. The normalized spacial score (nSPS) is 37.2. The number of carbonyl (C=O) groups is 1. The number of likely N-dealkylation sites (N-methyl/N-ethyl adjacent to an activating group) is 1. The molecule has 2 bridgehead atoms. The van der Waals surface area contributed by atoms with Gasteiger partial charge in [-0.05, 0) is 44.1 Å². The largest absolute Gasteiger partial charge is 0.493 e. The van der Waals surface area contributed by atoms with Gasteiger partial charge in [-0.1, -0.05) is 12.1 Å². The Morgan fingerprint density at radius 3 is 2.96 bits per heavy atom. The number of esters is 1. The molecule has 25 heavy (non-hydrogen) atoms. The quantitative estimate of drug-likeness (QED) is 0.609. The first kappa shape index (κ1) is 15.3. The summed E-state index contributed by atoms with van der Waals surface area (Å²) in [4.78, 5) is 14.1. The summed E-state index contributed by atoms with van der Waals surface area (Å²) >= 11 is 0. The molecule has 2 aliphatic carbocycles. The molecule has 0 aromatic heterocycles. The highest BCUT2D eigenvalue weighted by Gasteiger charge is 2.65. The van der Waals surface area contributed by atoms with Gasteiger partial charge in [0.05, 0.1) is 7.11 Å². The average Bonchev–Trinajstić information content (AvgIpc) is 2.94. The number of hydrogen-bond acceptors (Lipinski definition) is 5. The Labute approximate surface area is 147 Å². The highest BCUT2D eigenvalue weighted by atomic mass is 16.6. The SMILES string of the molecule is COc1ccc2c3c1O[C@H]1[C@@H](OC(C)=O)C=C[C@H]4[C@@H](C2)N(C)CC[C@@]341. The number of ether oxygens (including phenoxy) is 3. The summed E-state index contributed by atoms with van der Waals surface area (Å²) in [7, 11) is 3.89. The standard InChI is InChI=1S/C20H23NO4/c1-11(22)24-16-7-5-13-14-10-12-4-6-15(23-3)18-17(12)20(13,19(16)25-18)8-9-21(14)2/h4-7,13-14,16,19H,8-10H2,1-3H3/t13-,14+,16-,19-,20-/m0/s1. The number of carbonyl (C=O) groups excluding carboxylic acids is 1. The van der Waals surface area contributed by atoms with E-state index in [0.29, 0.717) is 12.0 Å². The summed E-state index contributed by atoms with van der Waals surface area (Å²) in [6.45, 7) is 2.49. The molecule has 5 nitrogen and oxygen atoms in total. The molecule has 1 aromatic carbocycles. The predicted octanol–water partition coefficient (Wildman–Crippen LogP) is 2.07. The van der Waals surface area contributed by atoms with Gasteiger partial charge in [-0.15, -0.1) is 0 Å². The second kappa shape index (κ2) is 5.01. The van der Waals surface area contributed by atoms with Crippen LogP contribution in [0.3, 0.4) is 0 Å². The Morgan fingerprint density at radius 1 is 1.36 bits per heavy atom. The van der Waals surface area contributed by atoms with Gasteiger partial charge in [0.25, 0.3) is 0 Å². The van der Waals surface area contributed by atoms with Crippen molar-refractivity contribution >= 4 is 5.97 Å². The maximum Gasteiger partial charge on any atom is 0.303 e. The first-order chi connectivity index (χ1) is 12.1. The van der Waals surface area contributed by atoms with Crippen LogP contribution in [0.25, 0.3) is 0 Å². The first-order valence-electron chi connectivity index (χ1n) is 8.99. The summed E-state index contributed by atoms with van der Waals surface area (Å²) in [6.07, 6.45) is 5.81. The van der Waals surface area contributed by atoms with Gasteiger partial charge in [0.1, 0.15) is 6.10 Å². The third-order valence-electron chi connectivity index (χ3n) is 6.64. The maximum absolute atomic E-state index is 11.6. The second-order valence-electron chi connectivity index (χ2n) is 7.70. The van der Waals surface area contributed by atoms with Crippen molar-refractivity contribution in [2.45, 2.75) is 43.4 Å². The summed E-state index contributed by atoms with van der Waals surface area (Å²) in [5.41, 5.74) is 2.53. The van der Waals surface area contributed by atoms with E-state index in [1.807, 2.05) is 12.1 Å². The van der Waals surface area contributed by atoms with Crippen LogP contribution in [0.2, 0.25) is 0 Å². The minimum absolute atomic E-state index is 0.122. The number of hydrogen-bond donors (Lipinski definition) is 0. The molecule has 0 amide bonds. The number of rotatable bonds is 2. The van der Waals surface area contributed by atoms with E-state index in [1.54, 1.807) is 7.11 Å². The molecule has 1 spiro atoms. The Balaban J connectivity index is 1.74. The van der Waals surface area contributed by atoms with Crippen molar-refractivity contribution in [2.24, 2.45) is 5.92 Å². The van der Waals surface area contributed by atoms with Crippen molar-refractivity contribution in [2.75, 3.05) is 20.7 Å². The van der Waals surface area contributed by atoms with Crippen LogP contribution in [0.4, 0.5) is 0 Å². The van der Waals surface area contributed by atoms with E-state index in [1.165, 1.54) is 18.1 Å². The lowest BCUT2D eigenvalue weighted by molar-refractivity contribution is -0.152. The highest BCUT2D eigenvalue weighted by molar-refractivity contribution is 5.67. The Bertz CT molecular complexity index is 788. The third kappa shape index (κ3) is 1.79. The zero-order valence-electron chi connectivity index (χ0n) is 14.8. The molecule has 0 N–H and O–H groups in total. The van der Waals surface area contributed by atoms with E-state index in [4.69, 9.17) is 14.2 Å². The zero-order chi connectivity index (χ0) is 17.3. The van der Waals surface area contributed by atoms with E-state index in [-0.39, 0.29) is 23.6 Å². The minimum atomic E-state index is -0.346. The zero-order valence-corrected chi connectivity index (χ0v) is 14.8. The molecule has 0 unspecified atom stereocenters. The van der Waals surface area contributed by atoms with E-state index in [9.17, 15) is 4.79 Å². The van der Waals surface area contributed by atoms with Crippen LogP contribution < -0.4 is 9.47 Å². The maximum atomic E-state index is 11.6. The van der Waals surface area contributed by atoms with Crippen LogP contribution in [-0.2, 0) is 21.4 Å². The summed E-state index contributed by atoms with van der Waals surface area (Å²) in [6, 6.07) is 4.65. The second-order valence-corrected chi connectivity index (χ2v) is 7.70. The van der Waals surface area contributed by atoms with Gasteiger partial charge < -0.3 is 19.1 Å². The number of methoxy groups -OCH3 is 1. The average molecular weight is 341 g/mol. The molecule has 5 heteroatoms. The van der Waals surface area contributed by atoms with Crippen molar-refractivity contribution in [3.05, 3.63) is 35.4 Å². The topological polar surface area (TPSA) is 48.0 Å². The molecule has 0 radical (unpaired) electrons. The highest BCUT2D eigenvalue weighted by Crippen LogP contribution is 2.62. The molecule has 2 heterocycles. The monoisotopic (exact) mass is 341 g/mol. The van der Waals surface area contributed by atoms with Gasteiger partial charge in [0.2, 0.25) is 0 Å². The first-order valence-corrected chi connectivity index (χ1v) is 8.99. The third-order valence-corrected chi connectivity index (χ3v) is 6.64. The molecular formula is C20H23NO4. The lowest BCUT2D eigenvalue weighted by Crippen LogP contribution is -2.65. The predicted molar refractivity (Wildman–Crippen MR) is 92.0 cm³/mol. The molecular weight excluding hydrogens is 318 g/mol. The smallest absolute Gasteiger partial charge is 0.303 e. The Hall–Kier alpha value is -2.01. The molecule has 5 rings (SSSR count). The van der Waals surface area contributed by atoms with Crippen molar-refractivity contribution in [1.29, 1.82) is 0 Å². The summed E-state index contributed by atoms with van der Waals surface area (Å²) < 4.78 is 17.7. The van der Waals surface area contributed by atoms with Gasteiger partial charge in [0, 0.05) is 29.9 Å². The van der Waals surface area contributed by atoms with Crippen molar-refractivity contribution < 1.29 is 19.0 Å². The van der Waals surface area contributed by atoms with Gasteiger partial charge >= 0.3 is 5.97 Å². The molecule has 1 aromatic rings. The van der Waals surface area contributed by atoms with Crippen molar-refractivity contribution in [3.8, 4) is 11.5 Å². The minimum Gasteiger partial charge on any atom is -0.493 e. The molecule has 0 saturated carbocycles. The van der Waals surface area contributed by atoms with Gasteiger partial charge in [0.15, 0.2) is 17.6 Å². The van der Waals surface area contributed by atoms with Crippen LogP contribution in [-0.4, -0.2) is 49.8 Å². The fourth-order valence-corrected chi connectivity index (χ4v) is 5.66.